The summed E-state index contributed by atoms with van der Waals surface area (Å²) in [5, 5.41) is 8.80. The van der Waals surface area contributed by atoms with Crippen molar-refractivity contribution < 1.29 is 27.5 Å². The number of alkyl halides is 3. The van der Waals surface area contributed by atoms with Crippen LogP contribution in [0.5, 0.6) is 0 Å². The van der Waals surface area contributed by atoms with E-state index in [4.69, 9.17) is 9.52 Å². The van der Waals surface area contributed by atoms with Crippen LogP contribution < -0.4 is 0 Å². The van der Waals surface area contributed by atoms with Gasteiger partial charge in [-0.25, -0.2) is 4.79 Å². The maximum Gasteiger partial charge on any atom is 0.417 e. The zero-order valence-electron chi connectivity index (χ0n) is 10.2. The summed E-state index contributed by atoms with van der Waals surface area (Å²) in [6, 6.07) is 4.78. The molecular formula is C13H9F3O3S. The zero-order chi connectivity index (χ0) is 14.9. The molecule has 0 saturated heterocycles. The van der Waals surface area contributed by atoms with Gasteiger partial charge in [-0.1, -0.05) is 11.8 Å². The molecule has 0 bridgehead atoms. The molecular weight excluding hydrogens is 293 g/mol. The summed E-state index contributed by atoms with van der Waals surface area (Å²) < 4.78 is 43.6. The van der Waals surface area contributed by atoms with E-state index < -0.39 is 23.3 Å². The SMILES string of the molecule is Cc1occc1Sc1ccc(C(=O)O)c(C(F)(F)F)c1. The molecule has 1 N–H and O–H groups in total. The number of halogens is 3. The van der Waals surface area contributed by atoms with Crippen LogP contribution in [0.2, 0.25) is 0 Å². The minimum absolute atomic E-state index is 0.298. The predicted octanol–water partition coefficient (Wildman–Crippen LogP) is 4.46. The molecule has 0 unspecified atom stereocenters. The van der Waals surface area contributed by atoms with Crippen LogP contribution in [0.15, 0.2) is 44.7 Å². The van der Waals surface area contributed by atoms with Crippen molar-refractivity contribution in [2.45, 2.75) is 22.9 Å². The quantitative estimate of drug-likeness (QED) is 0.909. The van der Waals surface area contributed by atoms with Gasteiger partial charge in [-0.15, -0.1) is 0 Å². The first-order valence-electron chi connectivity index (χ1n) is 5.45. The maximum atomic E-state index is 12.9. The summed E-state index contributed by atoms with van der Waals surface area (Å²) in [5.41, 5.74) is -1.91. The van der Waals surface area contributed by atoms with Gasteiger partial charge in [-0.2, -0.15) is 13.2 Å². The third kappa shape index (κ3) is 2.98. The molecule has 3 nitrogen and oxygen atoms in total. The van der Waals surface area contributed by atoms with Crippen LogP contribution >= 0.6 is 11.8 Å². The van der Waals surface area contributed by atoms with Crippen molar-refractivity contribution >= 4 is 17.7 Å². The van der Waals surface area contributed by atoms with Gasteiger partial charge in [0, 0.05) is 4.90 Å². The number of aromatic carboxylic acids is 1. The van der Waals surface area contributed by atoms with Crippen LogP contribution in [-0.2, 0) is 6.18 Å². The number of carboxylic acids is 1. The largest absolute Gasteiger partial charge is 0.478 e. The Balaban J connectivity index is 2.42. The van der Waals surface area contributed by atoms with Crippen LogP contribution in [0, 0.1) is 6.92 Å². The third-order valence-corrected chi connectivity index (χ3v) is 3.70. The minimum atomic E-state index is -4.71. The minimum Gasteiger partial charge on any atom is -0.478 e. The summed E-state index contributed by atoms with van der Waals surface area (Å²) in [4.78, 5) is 11.8. The van der Waals surface area contributed by atoms with Gasteiger partial charge in [0.2, 0.25) is 0 Å². The van der Waals surface area contributed by atoms with Crippen molar-refractivity contribution in [3.63, 3.8) is 0 Å². The van der Waals surface area contributed by atoms with Crippen LogP contribution in [0.4, 0.5) is 13.2 Å². The number of hydrogen-bond donors (Lipinski definition) is 1. The second-order valence-electron chi connectivity index (χ2n) is 3.95. The lowest BCUT2D eigenvalue weighted by atomic mass is 10.1. The molecule has 0 fully saturated rings. The van der Waals surface area contributed by atoms with E-state index in [2.05, 4.69) is 0 Å². The number of carbonyl (C=O) groups is 1. The fourth-order valence-corrected chi connectivity index (χ4v) is 2.50. The van der Waals surface area contributed by atoms with Crippen molar-refractivity contribution in [1.82, 2.24) is 0 Å². The molecule has 0 spiro atoms. The van der Waals surface area contributed by atoms with Gasteiger partial charge in [0.15, 0.2) is 0 Å². The number of benzene rings is 1. The van der Waals surface area contributed by atoms with Crippen molar-refractivity contribution in [3.05, 3.63) is 47.4 Å². The molecule has 0 aliphatic rings. The Morgan fingerprint density at radius 3 is 2.50 bits per heavy atom. The molecule has 0 saturated carbocycles. The topological polar surface area (TPSA) is 50.4 Å². The van der Waals surface area contributed by atoms with Crippen molar-refractivity contribution in [2.24, 2.45) is 0 Å². The van der Waals surface area contributed by atoms with Gasteiger partial charge in [0.1, 0.15) is 5.76 Å². The molecule has 0 amide bonds. The highest BCUT2D eigenvalue weighted by Crippen LogP contribution is 2.37. The first kappa shape index (κ1) is 14.5. The molecule has 0 aliphatic carbocycles. The van der Waals surface area contributed by atoms with E-state index in [-0.39, 0.29) is 0 Å². The summed E-state index contributed by atoms with van der Waals surface area (Å²) >= 11 is 1.08. The summed E-state index contributed by atoms with van der Waals surface area (Å²) in [6.45, 7) is 1.69. The molecule has 0 radical (unpaired) electrons. The lowest BCUT2D eigenvalue weighted by molar-refractivity contribution is -0.138. The summed E-state index contributed by atoms with van der Waals surface area (Å²) in [5.74, 6) is -1.01. The molecule has 2 aromatic rings. The van der Waals surface area contributed by atoms with Crippen LogP contribution in [-0.4, -0.2) is 11.1 Å². The maximum absolute atomic E-state index is 12.9. The van der Waals surface area contributed by atoms with Gasteiger partial charge >= 0.3 is 12.1 Å². The molecule has 1 aromatic heterocycles. The van der Waals surface area contributed by atoms with Gasteiger partial charge < -0.3 is 9.52 Å². The van der Waals surface area contributed by atoms with E-state index in [9.17, 15) is 18.0 Å². The second kappa shape index (κ2) is 5.24. The van der Waals surface area contributed by atoms with Gasteiger partial charge in [-0.3, -0.25) is 0 Å². The summed E-state index contributed by atoms with van der Waals surface area (Å²) in [6.07, 6.45) is -3.27. The lowest BCUT2D eigenvalue weighted by Crippen LogP contribution is -2.12. The van der Waals surface area contributed by atoms with E-state index in [0.717, 1.165) is 23.9 Å². The molecule has 7 heteroatoms. The monoisotopic (exact) mass is 302 g/mol. The number of rotatable bonds is 3. The number of carboxylic acid groups (broad SMARTS) is 1. The van der Waals surface area contributed by atoms with E-state index >= 15 is 0 Å². The van der Waals surface area contributed by atoms with Crippen molar-refractivity contribution in [3.8, 4) is 0 Å². The standard InChI is InChI=1S/C13H9F3O3S/c1-7-11(4-5-19-7)20-8-2-3-9(12(17)18)10(6-8)13(14,15)16/h2-6H,1H3,(H,17,18). The highest BCUT2D eigenvalue weighted by Gasteiger charge is 2.35. The number of aryl methyl sites for hydroxylation is 1. The normalized spacial score (nSPS) is 11.6. The number of hydrogen-bond acceptors (Lipinski definition) is 3. The molecule has 0 aliphatic heterocycles. The Labute approximate surface area is 116 Å². The first-order valence-corrected chi connectivity index (χ1v) is 6.27. The Morgan fingerprint density at radius 1 is 1.30 bits per heavy atom. The summed E-state index contributed by atoms with van der Waals surface area (Å²) in [7, 11) is 0. The molecule has 20 heavy (non-hydrogen) atoms. The van der Waals surface area contributed by atoms with Gasteiger partial charge in [-0.05, 0) is 31.2 Å². The van der Waals surface area contributed by atoms with Crippen LogP contribution in [0.1, 0.15) is 21.7 Å². The Hall–Kier alpha value is -1.89. The van der Waals surface area contributed by atoms with E-state index in [1.807, 2.05) is 0 Å². The molecule has 106 valence electrons. The van der Waals surface area contributed by atoms with Crippen molar-refractivity contribution in [2.75, 3.05) is 0 Å². The predicted molar refractivity (Wildman–Crippen MR) is 66.0 cm³/mol. The van der Waals surface area contributed by atoms with E-state index in [0.29, 0.717) is 15.6 Å². The van der Waals surface area contributed by atoms with Crippen LogP contribution in [0.25, 0.3) is 0 Å². The van der Waals surface area contributed by atoms with Gasteiger partial charge in [0.05, 0.1) is 22.3 Å². The Bertz CT molecular complexity index is 647. The molecule has 2 rings (SSSR count). The van der Waals surface area contributed by atoms with E-state index in [1.165, 1.54) is 12.3 Å². The smallest absolute Gasteiger partial charge is 0.417 e. The first-order chi connectivity index (χ1) is 9.29. The average Bonchev–Trinajstić information content (AvgIpc) is 2.73. The number of furan rings is 1. The third-order valence-electron chi connectivity index (χ3n) is 2.57. The Morgan fingerprint density at radius 2 is 2.00 bits per heavy atom. The highest BCUT2D eigenvalue weighted by molar-refractivity contribution is 7.99. The van der Waals surface area contributed by atoms with Crippen LogP contribution in [0.3, 0.4) is 0 Å². The second-order valence-corrected chi connectivity index (χ2v) is 5.07. The molecule has 0 atom stereocenters. The van der Waals surface area contributed by atoms with E-state index in [1.54, 1.807) is 13.0 Å². The fourth-order valence-electron chi connectivity index (χ4n) is 1.61. The lowest BCUT2D eigenvalue weighted by Gasteiger charge is -2.11. The highest BCUT2D eigenvalue weighted by atomic mass is 32.2. The zero-order valence-corrected chi connectivity index (χ0v) is 11.0. The van der Waals surface area contributed by atoms with Gasteiger partial charge in [0.25, 0.3) is 0 Å². The van der Waals surface area contributed by atoms with Crippen molar-refractivity contribution in [1.29, 1.82) is 0 Å². The average molecular weight is 302 g/mol. The molecule has 1 aromatic carbocycles. The fraction of sp³-hybridized carbons (Fsp3) is 0.154. The molecule has 1 heterocycles. The Kier molecular flexibility index (Phi) is 3.80.